The third-order valence-electron chi connectivity index (χ3n) is 2.45. The quantitative estimate of drug-likeness (QED) is 0.799. The maximum atomic E-state index is 13.5. The first kappa shape index (κ1) is 11.1. The standard InChI is InChI=1S/C12H11ClFNO/c1-3-7-4-9(13)8-5-12(16-2)10(14)6-11(8)15-7/h4-6H,3H2,1-2H3. The Labute approximate surface area is 98.0 Å². The van der Waals surface area contributed by atoms with E-state index in [1.54, 1.807) is 12.1 Å². The predicted octanol–water partition coefficient (Wildman–Crippen LogP) is 3.60. The molecule has 2 rings (SSSR count). The molecule has 0 bridgehead atoms. The van der Waals surface area contributed by atoms with Gasteiger partial charge >= 0.3 is 0 Å². The van der Waals surface area contributed by atoms with E-state index < -0.39 is 5.82 Å². The molecular formula is C12H11ClFNO. The average Bonchev–Trinajstić information content (AvgIpc) is 2.28. The summed E-state index contributed by atoms with van der Waals surface area (Å²) in [6.45, 7) is 1.98. The Morgan fingerprint density at radius 3 is 2.75 bits per heavy atom. The SMILES string of the molecule is CCc1cc(Cl)c2cc(OC)c(F)cc2n1. The summed E-state index contributed by atoms with van der Waals surface area (Å²) in [5.41, 5.74) is 1.41. The number of benzene rings is 1. The lowest BCUT2D eigenvalue weighted by atomic mass is 10.1. The zero-order valence-electron chi connectivity index (χ0n) is 9.05. The van der Waals surface area contributed by atoms with E-state index in [9.17, 15) is 4.39 Å². The summed E-state index contributed by atoms with van der Waals surface area (Å²) >= 11 is 6.10. The van der Waals surface area contributed by atoms with Crippen LogP contribution in [0.2, 0.25) is 5.02 Å². The highest BCUT2D eigenvalue weighted by Gasteiger charge is 2.09. The molecule has 1 aromatic heterocycles. The number of nitrogens with zero attached hydrogens (tertiary/aromatic N) is 1. The average molecular weight is 240 g/mol. The zero-order valence-corrected chi connectivity index (χ0v) is 9.81. The van der Waals surface area contributed by atoms with Crippen molar-refractivity contribution in [3.05, 3.63) is 34.7 Å². The molecule has 4 heteroatoms. The van der Waals surface area contributed by atoms with Crippen molar-refractivity contribution < 1.29 is 9.13 Å². The molecule has 0 saturated heterocycles. The van der Waals surface area contributed by atoms with Crippen molar-refractivity contribution in [2.24, 2.45) is 0 Å². The van der Waals surface area contributed by atoms with Crippen LogP contribution in [0, 0.1) is 5.82 Å². The van der Waals surface area contributed by atoms with Gasteiger partial charge in [0, 0.05) is 17.1 Å². The van der Waals surface area contributed by atoms with Crippen LogP contribution in [-0.4, -0.2) is 12.1 Å². The summed E-state index contributed by atoms with van der Waals surface area (Å²) in [4.78, 5) is 4.31. The van der Waals surface area contributed by atoms with Crippen LogP contribution in [0.15, 0.2) is 18.2 Å². The number of methoxy groups -OCH3 is 1. The molecule has 0 aliphatic rings. The van der Waals surface area contributed by atoms with Crippen molar-refractivity contribution in [3.8, 4) is 5.75 Å². The van der Waals surface area contributed by atoms with Gasteiger partial charge in [-0.25, -0.2) is 4.39 Å². The fourth-order valence-corrected chi connectivity index (χ4v) is 1.85. The van der Waals surface area contributed by atoms with E-state index in [2.05, 4.69) is 4.98 Å². The summed E-state index contributed by atoms with van der Waals surface area (Å²) in [6, 6.07) is 4.71. The van der Waals surface area contributed by atoms with Gasteiger partial charge in [0.1, 0.15) is 0 Å². The Morgan fingerprint density at radius 1 is 1.38 bits per heavy atom. The maximum Gasteiger partial charge on any atom is 0.167 e. The van der Waals surface area contributed by atoms with Gasteiger partial charge in [0.2, 0.25) is 0 Å². The fraction of sp³-hybridized carbons (Fsp3) is 0.250. The molecule has 0 amide bonds. The van der Waals surface area contributed by atoms with Crippen LogP contribution in [0.5, 0.6) is 5.75 Å². The van der Waals surface area contributed by atoms with Crippen molar-refractivity contribution in [1.82, 2.24) is 4.98 Å². The number of aryl methyl sites for hydroxylation is 1. The lowest BCUT2D eigenvalue weighted by molar-refractivity contribution is 0.387. The van der Waals surface area contributed by atoms with Gasteiger partial charge < -0.3 is 4.74 Å². The predicted molar refractivity (Wildman–Crippen MR) is 62.6 cm³/mol. The van der Waals surface area contributed by atoms with Gasteiger partial charge in [-0.2, -0.15) is 0 Å². The van der Waals surface area contributed by atoms with Gasteiger partial charge in [-0.1, -0.05) is 18.5 Å². The van der Waals surface area contributed by atoms with Crippen LogP contribution in [0.25, 0.3) is 10.9 Å². The molecular weight excluding hydrogens is 229 g/mol. The van der Waals surface area contributed by atoms with Crippen LogP contribution in [0.1, 0.15) is 12.6 Å². The van der Waals surface area contributed by atoms with Crippen LogP contribution in [0.3, 0.4) is 0 Å². The van der Waals surface area contributed by atoms with Crippen LogP contribution in [0.4, 0.5) is 4.39 Å². The molecule has 0 fully saturated rings. The molecule has 84 valence electrons. The molecule has 0 atom stereocenters. The Balaban J connectivity index is 2.75. The van der Waals surface area contributed by atoms with E-state index in [4.69, 9.17) is 16.3 Å². The summed E-state index contributed by atoms with van der Waals surface area (Å²) < 4.78 is 18.4. The third-order valence-corrected chi connectivity index (χ3v) is 2.76. The summed E-state index contributed by atoms with van der Waals surface area (Å²) in [6.07, 6.45) is 0.767. The largest absolute Gasteiger partial charge is 0.494 e. The summed E-state index contributed by atoms with van der Waals surface area (Å²) in [7, 11) is 1.42. The number of aromatic nitrogens is 1. The highest BCUT2D eigenvalue weighted by Crippen LogP contribution is 2.29. The van der Waals surface area contributed by atoms with Gasteiger partial charge in [0.25, 0.3) is 0 Å². The van der Waals surface area contributed by atoms with E-state index in [0.717, 1.165) is 12.1 Å². The number of rotatable bonds is 2. The molecule has 0 saturated carbocycles. The molecule has 2 nitrogen and oxygen atoms in total. The molecule has 0 aliphatic heterocycles. The van der Waals surface area contributed by atoms with Gasteiger partial charge in [-0.15, -0.1) is 0 Å². The van der Waals surface area contributed by atoms with Crippen molar-refractivity contribution >= 4 is 22.5 Å². The highest BCUT2D eigenvalue weighted by atomic mass is 35.5. The number of fused-ring (bicyclic) bond motifs is 1. The van der Waals surface area contributed by atoms with Gasteiger partial charge in [-0.3, -0.25) is 4.98 Å². The van der Waals surface area contributed by atoms with Crippen LogP contribution in [-0.2, 0) is 6.42 Å². The van der Waals surface area contributed by atoms with Crippen molar-refractivity contribution in [2.45, 2.75) is 13.3 Å². The van der Waals surface area contributed by atoms with E-state index in [1.807, 2.05) is 6.92 Å². The van der Waals surface area contributed by atoms with Gasteiger partial charge in [0.15, 0.2) is 11.6 Å². The molecule has 1 heterocycles. The minimum absolute atomic E-state index is 0.181. The monoisotopic (exact) mass is 239 g/mol. The van der Waals surface area contributed by atoms with Crippen molar-refractivity contribution in [3.63, 3.8) is 0 Å². The normalized spacial score (nSPS) is 10.8. The second-order valence-electron chi connectivity index (χ2n) is 3.45. The maximum absolute atomic E-state index is 13.5. The molecule has 0 radical (unpaired) electrons. The topological polar surface area (TPSA) is 22.1 Å². The summed E-state index contributed by atoms with van der Waals surface area (Å²) in [5, 5.41) is 1.28. The fourth-order valence-electron chi connectivity index (χ4n) is 1.58. The van der Waals surface area contributed by atoms with Gasteiger partial charge in [-0.05, 0) is 18.6 Å². The minimum atomic E-state index is -0.424. The highest BCUT2D eigenvalue weighted by molar-refractivity contribution is 6.35. The molecule has 0 spiro atoms. The number of pyridine rings is 1. The number of halogens is 2. The van der Waals surface area contributed by atoms with Crippen LogP contribution < -0.4 is 4.74 Å². The third kappa shape index (κ3) is 1.83. The molecule has 2 aromatic rings. The molecule has 16 heavy (non-hydrogen) atoms. The second-order valence-corrected chi connectivity index (χ2v) is 3.86. The van der Waals surface area contributed by atoms with E-state index in [1.165, 1.54) is 13.2 Å². The zero-order chi connectivity index (χ0) is 11.7. The first-order valence-electron chi connectivity index (χ1n) is 4.98. The lowest BCUT2D eigenvalue weighted by Gasteiger charge is -2.07. The Morgan fingerprint density at radius 2 is 2.12 bits per heavy atom. The second kappa shape index (κ2) is 4.26. The smallest absolute Gasteiger partial charge is 0.167 e. The van der Waals surface area contributed by atoms with E-state index in [-0.39, 0.29) is 5.75 Å². The Kier molecular flexibility index (Phi) is 2.97. The lowest BCUT2D eigenvalue weighted by Crippen LogP contribution is -1.93. The molecule has 0 N–H and O–H groups in total. The molecule has 0 aliphatic carbocycles. The summed E-state index contributed by atoms with van der Waals surface area (Å²) in [5.74, 6) is -0.243. The minimum Gasteiger partial charge on any atom is -0.494 e. The number of ether oxygens (including phenoxy) is 1. The number of hydrogen-bond donors (Lipinski definition) is 0. The Hall–Kier alpha value is -1.35. The molecule has 0 unspecified atom stereocenters. The van der Waals surface area contributed by atoms with Crippen molar-refractivity contribution in [2.75, 3.05) is 7.11 Å². The van der Waals surface area contributed by atoms with E-state index >= 15 is 0 Å². The van der Waals surface area contributed by atoms with Gasteiger partial charge in [0.05, 0.1) is 17.6 Å². The Bertz CT molecular complexity index is 542. The first-order chi connectivity index (χ1) is 7.65. The molecule has 1 aromatic carbocycles. The van der Waals surface area contributed by atoms with Crippen LogP contribution >= 0.6 is 11.6 Å². The first-order valence-corrected chi connectivity index (χ1v) is 5.36. The van der Waals surface area contributed by atoms with Crippen molar-refractivity contribution in [1.29, 1.82) is 0 Å². The van der Waals surface area contributed by atoms with E-state index in [0.29, 0.717) is 15.9 Å². The number of hydrogen-bond acceptors (Lipinski definition) is 2.